The fourth-order valence-corrected chi connectivity index (χ4v) is 12.8. The molecule has 0 bridgehead atoms. The summed E-state index contributed by atoms with van der Waals surface area (Å²) in [5.41, 5.74) is 4.91. The van der Waals surface area contributed by atoms with Crippen molar-refractivity contribution in [2.45, 2.75) is 0 Å². The smallest absolute Gasteiger partial charge is 0.105 e. The van der Waals surface area contributed by atoms with Crippen molar-refractivity contribution in [3.8, 4) is 11.1 Å². The van der Waals surface area contributed by atoms with Crippen molar-refractivity contribution in [2.24, 2.45) is 0 Å². The third-order valence-corrected chi connectivity index (χ3v) is 16.0. The topological polar surface area (TPSA) is 49.9 Å². The quantitative estimate of drug-likeness (QED) is 0.120. The molecule has 58 heavy (non-hydrogen) atoms. The second kappa shape index (κ2) is 17.7. The Balaban J connectivity index is 0.933. The Labute approximate surface area is 357 Å². The Morgan fingerprint density at radius 1 is 0.310 bits per heavy atom. The first kappa shape index (κ1) is 38.2. The van der Waals surface area contributed by atoms with E-state index in [-0.39, 0.29) is 0 Å². The molecule has 4 aliphatic heterocycles. The SMILES string of the molecule is c1cc([C+](c2ccc(N3CCOCC3)s2)c2ccc(N3CCOCC3)s2)ccc1-c1ccc([C+](c2ccc(N3CCOCC3)s2)c2ccc(N3CCOCC3)s2)cc1. The minimum absolute atomic E-state index is 0.785. The summed E-state index contributed by atoms with van der Waals surface area (Å²) in [6.07, 6.45) is 0. The Morgan fingerprint density at radius 3 is 0.793 bits per heavy atom. The molecule has 0 amide bonds. The average Bonchev–Trinajstić information content (AvgIpc) is 4.15. The van der Waals surface area contributed by atoms with Gasteiger partial charge >= 0.3 is 0 Å². The van der Waals surface area contributed by atoms with E-state index in [4.69, 9.17) is 18.9 Å². The fourth-order valence-electron chi connectivity index (χ4n) is 8.13. The van der Waals surface area contributed by atoms with Gasteiger partial charge in [0.05, 0.1) is 75.8 Å². The highest BCUT2D eigenvalue weighted by Gasteiger charge is 2.31. The van der Waals surface area contributed by atoms with Crippen LogP contribution in [0.5, 0.6) is 0 Å². The van der Waals surface area contributed by atoms with Crippen LogP contribution in [-0.2, 0) is 18.9 Å². The van der Waals surface area contributed by atoms with E-state index in [2.05, 4.69) is 117 Å². The molecule has 0 N–H and O–H groups in total. The number of ether oxygens (including phenoxy) is 4. The van der Waals surface area contributed by atoms with Gasteiger partial charge < -0.3 is 38.5 Å². The second-order valence-electron chi connectivity index (χ2n) is 14.9. The summed E-state index contributed by atoms with van der Waals surface area (Å²) >= 11 is 7.57. The van der Waals surface area contributed by atoms with Crippen LogP contribution in [0.2, 0.25) is 0 Å². The largest absolute Gasteiger partial charge is 0.378 e. The average molecular weight is 849 g/mol. The predicted octanol–water partition coefficient (Wildman–Crippen LogP) is 8.98. The molecule has 8 heterocycles. The third kappa shape index (κ3) is 8.26. The highest BCUT2D eigenvalue weighted by Crippen LogP contribution is 2.45. The van der Waals surface area contributed by atoms with Crippen LogP contribution in [0.25, 0.3) is 11.1 Å². The van der Waals surface area contributed by atoms with Crippen LogP contribution in [0, 0.1) is 11.8 Å². The molecule has 4 aliphatic rings. The highest BCUT2D eigenvalue weighted by atomic mass is 32.1. The van der Waals surface area contributed by atoms with Crippen molar-refractivity contribution in [1.29, 1.82) is 0 Å². The molecule has 10 rings (SSSR count). The molecule has 8 nitrogen and oxygen atoms in total. The Hall–Kier alpha value is -3.98. The minimum Gasteiger partial charge on any atom is -0.378 e. The van der Waals surface area contributed by atoms with Crippen molar-refractivity contribution >= 4 is 65.4 Å². The van der Waals surface area contributed by atoms with Crippen LogP contribution >= 0.6 is 45.3 Å². The molecule has 0 spiro atoms. The van der Waals surface area contributed by atoms with E-state index in [0.717, 1.165) is 105 Å². The summed E-state index contributed by atoms with van der Waals surface area (Å²) < 4.78 is 22.6. The van der Waals surface area contributed by atoms with E-state index in [1.54, 1.807) is 0 Å². The first-order valence-corrected chi connectivity index (χ1v) is 23.7. The number of nitrogens with zero attached hydrogens (tertiary/aromatic N) is 4. The van der Waals surface area contributed by atoms with Gasteiger partial charge in [-0.3, -0.25) is 0 Å². The van der Waals surface area contributed by atoms with Crippen molar-refractivity contribution in [3.05, 3.63) is 140 Å². The van der Waals surface area contributed by atoms with E-state index in [9.17, 15) is 0 Å². The van der Waals surface area contributed by atoms with E-state index < -0.39 is 0 Å². The van der Waals surface area contributed by atoms with Crippen molar-refractivity contribution < 1.29 is 18.9 Å². The van der Waals surface area contributed by atoms with Gasteiger partial charge in [0.1, 0.15) is 39.5 Å². The molecule has 4 fully saturated rings. The van der Waals surface area contributed by atoms with Gasteiger partial charge in [0.15, 0.2) is 0 Å². The van der Waals surface area contributed by atoms with Crippen molar-refractivity contribution in [2.75, 3.05) is 125 Å². The molecule has 0 radical (unpaired) electrons. The molecule has 6 aromatic rings. The van der Waals surface area contributed by atoms with Gasteiger partial charge in [-0.15, -0.1) is 45.3 Å². The lowest BCUT2D eigenvalue weighted by atomic mass is 9.92. The summed E-state index contributed by atoms with van der Waals surface area (Å²) in [6.45, 7) is 13.8. The molecule has 0 aliphatic carbocycles. The van der Waals surface area contributed by atoms with Crippen molar-refractivity contribution in [1.82, 2.24) is 0 Å². The summed E-state index contributed by atoms with van der Waals surface area (Å²) in [4.78, 5) is 15.0. The van der Waals surface area contributed by atoms with E-state index in [1.165, 1.54) is 73.6 Å². The molecule has 0 unspecified atom stereocenters. The Bertz CT molecular complexity index is 1950. The first-order chi connectivity index (χ1) is 28.7. The number of hydrogen-bond acceptors (Lipinski definition) is 12. The number of anilines is 4. The molecular weight excluding hydrogens is 801 g/mol. The third-order valence-electron chi connectivity index (χ3n) is 11.3. The molecule has 298 valence electrons. The maximum absolute atomic E-state index is 5.66. The maximum atomic E-state index is 5.66. The number of rotatable bonds is 11. The lowest BCUT2D eigenvalue weighted by molar-refractivity contribution is 0.123. The van der Waals surface area contributed by atoms with Crippen LogP contribution in [-0.4, -0.2) is 105 Å². The zero-order valence-electron chi connectivity index (χ0n) is 32.6. The van der Waals surface area contributed by atoms with Crippen LogP contribution in [0.15, 0.2) is 97.1 Å². The van der Waals surface area contributed by atoms with Crippen LogP contribution < -0.4 is 19.6 Å². The fraction of sp³-hybridized carbons (Fsp3) is 0.348. The van der Waals surface area contributed by atoms with Gasteiger partial charge in [-0.05, 0) is 35.4 Å². The lowest BCUT2D eigenvalue weighted by Crippen LogP contribution is -2.35. The number of benzene rings is 2. The lowest BCUT2D eigenvalue weighted by Gasteiger charge is -2.27. The summed E-state index contributed by atoms with van der Waals surface area (Å²) in [5, 5.41) is 5.25. The maximum Gasteiger partial charge on any atom is 0.105 e. The normalized spacial score (nSPS) is 17.9. The Morgan fingerprint density at radius 2 is 0.552 bits per heavy atom. The van der Waals surface area contributed by atoms with Crippen LogP contribution in [0.1, 0.15) is 30.6 Å². The van der Waals surface area contributed by atoms with Crippen LogP contribution in [0.3, 0.4) is 0 Å². The summed E-state index contributed by atoms with van der Waals surface area (Å²) in [6, 6.07) is 36.9. The van der Waals surface area contributed by atoms with Gasteiger partial charge in [-0.2, -0.15) is 0 Å². The second-order valence-corrected chi connectivity index (χ2v) is 19.1. The number of hydrogen-bond donors (Lipinski definition) is 0. The van der Waals surface area contributed by atoms with Crippen LogP contribution in [0.4, 0.5) is 20.0 Å². The van der Waals surface area contributed by atoms with Gasteiger partial charge in [0.25, 0.3) is 0 Å². The number of morpholine rings is 4. The zero-order chi connectivity index (χ0) is 38.7. The molecule has 4 saturated heterocycles. The first-order valence-electron chi connectivity index (χ1n) is 20.4. The Kier molecular flexibility index (Phi) is 11.7. The van der Waals surface area contributed by atoms with Crippen molar-refractivity contribution in [3.63, 3.8) is 0 Å². The summed E-state index contributed by atoms with van der Waals surface area (Å²) in [7, 11) is 0. The van der Waals surface area contributed by atoms with Gasteiger partial charge in [-0.25, -0.2) is 0 Å². The van der Waals surface area contributed by atoms with E-state index in [1.807, 2.05) is 45.3 Å². The molecular formula is C46H48N4O4S4+2. The number of thiophene rings is 4. The highest BCUT2D eigenvalue weighted by molar-refractivity contribution is 7.19. The van der Waals surface area contributed by atoms with E-state index in [0.29, 0.717) is 0 Å². The molecule has 4 aromatic heterocycles. The molecule has 2 aromatic carbocycles. The molecule has 0 saturated carbocycles. The standard InChI is InChI=1S/C46H48N4O4S4/c1-5-35(45(37-9-13-41(55-37)47-17-25-51-26-18-47)38-10-14-42(56-38)48-19-27-52-28-20-48)6-2-33(1)34-3-7-36(8-4-34)46(39-11-15-43(57-39)49-21-29-53-30-22-49)40-12-16-44(58-40)50-23-31-54-32-24-50/h1-16H,17-32H2/q+2. The van der Waals surface area contributed by atoms with Gasteiger partial charge in [-0.1, -0.05) is 0 Å². The summed E-state index contributed by atoms with van der Waals surface area (Å²) in [5.74, 6) is 2.60. The zero-order valence-corrected chi connectivity index (χ0v) is 35.9. The van der Waals surface area contributed by atoms with E-state index >= 15 is 0 Å². The minimum atomic E-state index is 0.785. The monoisotopic (exact) mass is 848 g/mol. The molecule has 0 atom stereocenters. The molecule has 12 heteroatoms. The van der Waals surface area contributed by atoms with Gasteiger partial charge in [0.2, 0.25) is 0 Å². The van der Waals surface area contributed by atoms with Gasteiger partial charge in [0, 0.05) is 125 Å². The predicted molar refractivity (Wildman–Crippen MR) is 242 cm³/mol.